The molecule has 0 aliphatic carbocycles. The number of rotatable bonds is 5. The van der Waals surface area contributed by atoms with Crippen molar-refractivity contribution in [1.29, 1.82) is 0 Å². The van der Waals surface area contributed by atoms with Crippen molar-refractivity contribution in [1.82, 2.24) is 0 Å². The van der Waals surface area contributed by atoms with Crippen molar-refractivity contribution in [3.63, 3.8) is 0 Å². The fourth-order valence-corrected chi connectivity index (χ4v) is 1.88. The van der Waals surface area contributed by atoms with E-state index in [1.165, 1.54) is 42.5 Å². The molecule has 2 aromatic carbocycles. The summed E-state index contributed by atoms with van der Waals surface area (Å²) in [6, 6.07) is 9.89. The highest BCUT2D eigenvalue weighted by molar-refractivity contribution is 6.37. The van der Waals surface area contributed by atoms with E-state index < -0.39 is 23.6 Å². The number of hydrogen-bond acceptors (Lipinski definition) is 6. The van der Waals surface area contributed by atoms with Gasteiger partial charge in [-0.3, -0.25) is 4.79 Å². The lowest BCUT2D eigenvalue weighted by atomic mass is 10.2. The molecule has 0 heterocycles. The molecule has 0 aliphatic rings. The van der Waals surface area contributed by atoms with E-state index in [0.717, 1.165) is 0 Å². The maximum Gasteiger partial charge on any atom is 0.397 e. The minimum absolute atomic E-state index is 0.104. The molecule has 0 saturated heterocycles. The number of carboxylic acid groups (broad SMARTS) is 1. The second-order valence-electron chi connectivity index (χ2n) is 4.79. The molecule has 8 nitrogen and oxygen atoms in total. The Hall–Kier alpha value is -3.55. The van der Waals surface area contributed by atoms with Crippen LogP contribution in [0.3, 0.4) is 0 Å². The van der Waals surface area contributed by atoms with Gasteiger partial charge in [0.25, 0.3) is 0 Å². The maximum absolute atomic E-state index is 11.5. The smallest absolute Gasteiger partial charge is 0.397 e. The second-order valence-corrected chi connectivity index (χ2v) is 4.79. The lowest BCUT2D eigenvalue weighted by Gasteiger charge is -2.09. The standard InChI is InChI=1S/C17H15NO7/c1-2-24-17(23)15(20)18-10-3-5-11(6-4-10)25-12-7-8-13(16(21)22)14(19)9-12/h3-9,19H,2H2,1H3,(H,18,20)(H,21,22). The summed E-state index contributed by atoms with van der Waals surface area (Å²) in [7, 11) is 0. The van der Waals surface area contributed by atoms with Gasteiger partial charge < -0.3 is 25.0 Å². The molecule has 0 spiro atoms. The maximum atomic E-state index is 11.5. The topological polar surface area (TPSA) is 122 Å². The van der Waals surface area contributed by atoms with Crippen LogP contribution in [-0.4, -0.2) is 34.7 Å². The number of ether oxygens (including phenoxy) is 2. The number of carboxylic acids is 1. The first-order chi connectivity index (χ1) is 11.9. The molecule has 2 rings (SSSR count). The molecular formula is C17H15NO7. The Balaban J connectivity index is 2.03. The lowest BCUT2D eigenvalue weighted by molar-refractivity contribution is -0.152. The molecule has 1 amide bonds. The lowest BCUT2D eigenvalue weighted by Crippen LogP contribution is -2.24. The highest BCUT2D eigenvalue weighted by Gasteiger charge is 2.15. The van der Waals surface area contributed by atoms with Gasteiger partial charge in [-0.15, -0.1) is 0 Å². The minimum atomic E-state index is -1.24. The Labute approximate surface area is 142 Å². The first-order valence-electron chi connectivity index (χ1n) is 7.23. The second kappa shape index (κ2) is 7.82. The number of aromatic carboxylic acids is 1. The van der Waals surface area contributed by atoms with E-state index in [2.05, 4.69) is 10.1 Å². The third-order valence-corrected chi connectivity index (χ3v) is 3.01. The Kier molecular flexibility index (Phi) is 5.57. The molecule has 0 unspecified atom stereocenters. The molecule has 25 heavy (non-hydrogen) atoms. The fraction of sp³-hybridized carbons (Fsp3) is 0.118. The van der Waals surface area contributed by atoms with Crippen molar-refractivity contribution in [2.75, 3.05) is 11.9 Å². The van der Waals surface area contributed by atoms with Crippen LogP contribution in [0.1, 0.15) is 17.3 Å². The van der Waals surface area contributed by atoms with Gasteiger partial charge in [0, 0.05) is 11.8 Å². The molecule has 2 aromatic rings. The summed E-state index contributed by atoms with van der Waals surface area (Å²) in [5, 5.41) is 20.9. The molecule has 0 saturated carbocycles. The van der Waals surface area contributed by atoms with E-state index in [-0.39, 0.29) is 17.9 Å². The summed E-state index contributed by atoms with van der Waals surface area (Å²) in [6.07, 6.45) is 0. The number of hydrogen-bond donors (Lipinski definition) is 3. The number of nitrogens with one attached hydrogen (secondary N) is 1. The number of phenols is 1. The monoisotopic (exact) mass is 345 g/mol. The van der Waals surface area contributed by atoms with Gasteiger partial charge in [0.05, 0.1) is 6.61 Å². The third-order valence-electron chi connectivity index (χ3n) is 3.01. The van der Waals surface area contributed by atoms with Gasteiger partial charge in [-0.1, -0.05) is 0 Å². The van der Waals surface area contributed by atoms with Crippen LogP contribution < -0.4 is 10.1 Å². The van der Waals surface area contributed by atoms with E-state index in [9.17, 15) is 19.5 Å². The van der Waals surface area contributed by atoms with Crippen LogP contribution in [0.5, 0.6) is 17.2 Å². The molecule has 8 heteroatoms. The van der Waals surface area contributed by atoms with E-state index in [0.29, 0.717) is 11.4 Å². The van der Waals surface area contributed by atoms with Crippen molar-refractivity contribution in [3.05, 3.63) is 48.0 Å². The Morgan fingerprint density at radius 1 is 1.04 bits per heavy atom. The number of aromatic hydroxyl groups is 1. The van der Waals surface area contributed by atoms with Gasteiger partial charge in [0.1, 0.15) is 22.8 Å². The van der Waals surface area contributed by atoms with E-state index in [1.807, 2.05) is 0 Å². The Morgan fingerprint density at radius 3 is 2.24 bits per heavy atom. The summed E-state index contributed by atoms with van der Waals surface area (Å²) in [5.41, 5.74) is 0.138. The number of anilines is 1. The summed E-state index contributed by atoms with van der Waals surface area (Å²) in [4.78, 5) is 33.6. The van der Waals surface area contributed by atoms with Crippen LogP contribution >= 0.6 is 0 Å². The SMILES string of the molecule is CCOC(=O)C(=O)Nc1ccc(Oc2ccc(C(=O)O)c(O)c2)cc1. The average molecular weight is 345 g/mol. The first kappa shape index (κ1) is 17.8. The van der Waals surface area contributed by atoms with Gasteiger partial charge in [0.2, 0.25) is 0 Å². The quantitative estimate of drug-likeness (QED) is 0.561. The minimum Gasteiger partial charge on any atom is -0.507 e. The summed E-state index contributed by atoms with van der Waals surface area (Å²) in [5.74, 6) is -2.89. The van der Waals surface area contributed by atoms with Crippen molar-refractivity contribution >= 4 is 23.5 Å². The predicted molar refractivity (Wildman–Crippen MR) is 86.8 cm³/mol. The molecule has 3 N–H and O–H groups in total. The highest BCUT2D eigenvalue weighted by Crippen LogP contribution is 2.28. The number of benzene rings is 2. The van der Waals surface area contributed by atoms with Crippen LogP contribution in [0.2, 0.25) is 0 Å². The predicted octanol–water partition coefficient (Wildman–Crippen LogP) is 2.38. The van der Waals surface area contributed by atoms with E-state index in [4.69, 9.17) is 9.84 Å². The molecule has 0 fully saturated rings. The largest absolute Gasteiger partial charge is 0.507 e. The van der Waals surface area contributed by atoms with Crippen molar-refractivity contribution < 1.29 is 34.1 Å². The van der Waals surface area contributed by atoms with Gasteiger partial charge >= 0.3 is 17.8 Å². The van der Waals surface area contributed by atoms with Crippen LogP contribution in [0.25, 0.3) is 0 Å². The van der Waals surface area contributed by atoms with Crippen LogP contribution in [0.15, 0.2) is 42.5 Å². The molecule has 0 atom stereocenters. The van der Waals surface area contributed by atoms with Gasteiger partial charge in [-0.25, -0.2) is 9.59 Å². The van der Waals surface area contributed by atoms with E-state index in [1.54, 1.807) is 6.92 Å². The summed E-state index contributed by atoms with van der Waals surface area (Å²) < 4.78 is 10.1. The highest BCUT2D eigenvalue weighted by atomic mass is 16.5. The third kappa shape index (κ3) is 4.71. The number of esters is 1. The summed E-state index contributed by atoms with van der Waals surface area (Å²) in [6.45, 7) is 1.70. The number of carbonyl (C=O) groups is 3. The molecule has 0 radical (unpaired) electrons. The van der Waals surface area contributed by atoms with Crippen molar-refractivity contribution in [2.45, 2.75) is 6.92 Å². The van der Waals surface area contributed by atoms with E-state index >= 15 is 0 Å². The molecule has 0 aromatic heterocycles. The van der Waals surface area contributed by atoms with Crippen LogP contribution in [0, 0.1) is 0 Å². The first-order valence-corrected chi connectivity index (χ1v) is 7.23. The molecule has 0 aliphatic heterocycles. The van der Waals surface area contributed by atoms with Crippen molar-refractivity contribution in [2.24, 2.45) is 0 Å². The van der Waals surface area contributed by atoms with Crippen LogP contribution in [-0.2, 0) is 14.3 Å². The van der Waals surface area contributed by atoms with Gasteiger partial charge in [0.15, 0.2) is 0 Å². The zero-order valence-corrected chi connectivity index (χ0v) is 13.2. The Bertz CT molecular complexity index is 799. The summed E-state index contributed by atoms with van der Waals surface area (Å²) >= 11 is 0. The molecule has 130 valence electrons. The normalized spacial score (nSPS) is 9.96. The average Bonchev–Trinajstić information content (AvgIpc) is 2.56. The fourth-order valence-electron chi connectivity index (χ4n) is 1.88. The molecule has 0 bridgehead atoms. The molecular weight excluding hydrogens is 330 g/mol. The number of carbonyl (C=O) groups excluding carboxylic acids is 2. The Morgan fingerprint density at radius 2 is 1.68 bits per heavy atom. The van der Waals surface area contributed by atoms with Crippen molar-refractivity contribution in [3.8, 4) is 17.2 Å². The van der Waals surface area contributed by atoms with Gasteiger partial charge in [-0.05, 0) is 43.3 Å². The zero-order valence-electron chi connectivity index (χ0n) is 13.2. The number of amides is 1. The van der Waals surface area contributed by atoms with Gasteiger partial charge in [-0.2, -0.15) is 0 Å². The zero-order chi connectivity index (χ0) is 18.4. The van der Waals surface area contributed by atoms with Crippen LogP contribution in [0.4, 0.5) is 5.69 Å².